The molecule has 0 aromatic carbocycles. The lowest BCUT2D eigenvalue weighted by Gasteiger charge is -2.31. The average Bonchev–Trinajstić information content (AvgIpc) is 3.08. The molecule has 2 aromatic heterocycles. The molecule has 0 saturated carbocycles. The zero-order valence-corrected chi connectivity index (χ0v) is 30.3. The Balaban J connectivity index is 0.000000377. The predicted molar refractivity (Wildman–Crippen MR) is 190 cm³/mol. The fraction of sp³-hybridized carbons (Fsp3) is 0.676. The Labute approximate surface area is 293 Å². The van der Waals surface area contributed by atoms with Gasteiger partial charge in [-0.15, -0.1) is 0 Å². The van der Waals surface area contributed by atoms with E-state index in [0.29, 0.717) is 78.2 Å². The molecule has 12 nitrogen and oxygen atoms in total. The third kappa shape index (κ3) is 20.1. The summed E-state index contributed by atoms with van der Waals surface area (Å²) in [5, 5.41) is 0. The van der Waals surface area contributed by atoms with Crippen LogP contribution in [0, 0.1) is 0 Å². The van der Waals surface area contributed by atoms with Crippen LogP contribution < -0.4 is 15.4 Å². The van der Waals surface area contributed by atoms with Gasteiger partial charge in [-0.3, -0.25) is 9.69 Å². The summed E-state index contributed by atoms with van der Waals surface area (Å²) in [6.07, 6.45) is 11.2. The molecule has 0 saturated heterocycles. The van der Waals surface area contributed by atoms with E-state index in [4.69, 9.17) is 39.1 Å². The number of esters is 1. The molecule has 0 spiro atoms. The van der Waals surface area contributed by atoms with Gasteiger partial charge >= 0.3 is 12.1 Å². The molecule has 2 aromatic rings. The van der Waals surface area contributed by atoms with Gasteiger partial charge in [0, 0.05) is 37.5 Å². The normalized spacial score (nSPS) is 12.5. The van der Waals surface area contributed by atoms with E-state index in [1.807, 2.05) is 45.9 Å². The molecule has 0 atom stereocenters. The molecule has 276 valence electrons. The molecular weight excluding hydrogens is 628 g/mol. The van der Waals surface area contributed by atoms with E-state index in [2.05, 4.69) is 17.1 Å². The summed E-state index contributed by atoms with van der Waals surface area (Å²) < 4.78 is 31.7. The van der Waals surface area contributed by atoms with Crippen molar-refractivity contribution in [3.8, 4) is 5.88 Å². The molecular formula is C37H60N4O8. The number of carbonyl (C=O) groups is 2. The van der Waals surface area contributed by atoms with Gasteiger partial charge in [0.15, 0.2) is 0 Å². The zero-order chi connectivity index (χ0) is 35.6. The maximum absolute atomic E-state index is 12.6. The molecule has 12 heteroatoms. The van der Waals surface area contributed by atoms with Crippen LogP contribution in [-0.4, -0.2) is 93.6 Å². The second kappa shape index (κ2) is 25.6. The van der Waals surface area contributed by atoms with Crippen molar-refractivity contribution in [2.24, 2.45) is 5.73 Å². The summed E-state index contributed by atoms with van der Waals surface area (Å²) in [6, 6.07) is 9.74. The largest absolute Gasteiger partial charge is 0.475 e. The summed E-state index contributed by atoms with van der Waals surface area (Å²) in [5.41, 5.74) is 6.92. The van der Waals surface area contributed by atoms with Crippen molar-refractivity contribution in [3.63, 3.8) is 0 Å². The number of nitrogens with zero attached hydrogens (tertiary/aromatic N) is 3. The fourth-order valence-electron chi connectivity index (χ4n) is 4.89. The molecule has 1 aliphatic rings. The maximum atomic E-state index is 12.6. The highest BCUT2D eigenvalue weighted by Crippen LogP contribution is 2.27. The van der Waals surface area contributed by atoms with E-state index < -0.39 is 5.60 Å². The Bertz CT molecular complexity index is 1160. The Kier molecular flexibility index (Phi) is 21.9. The smallest absolute Gasteiger partial charge is 0.416 e. The minimum absolute atomic E-state index is 0.0867. The Morgan fingerprint density at radius 2 is 1.53 bits per heavy atom. The number of nitrogens with two attached hydrogens (primary N) is 1. The van der Waals surface area contributed by atoms with Gasteiger partial charge in [-0.1, -0.05) is 37.8 Å². The lowest BCUT2D eigenvalue weighted by molar-refractivity contribution is -0.143. The number of anilines is 1. The van der Waals surface area contributed by atoms with Gasteiger partial charge in [-0.25, -0.2) is 14.8 Å². The average molecular weight is 689 g/mol. The predicted octanol–water partition coefficient (Wildman–Crippen LogP) is 6.07. The van der Waals surface area contributed by atoms with Gasteiger partial charge in [0.05, 0.1) is 46.2 Å². The van der Waals surface area contributed by atoms with Gasteiger partial charge in [0.2, 0.25) is 5.88 Å². The number of hydrogen-bond acceptors (Lipinski definition) is 11. The van der Waals surface area contributed by atoms with Crippen molar-refractivity contribution in [1.29, 1.82) is 0 Å². The van der Waals surface area contributed by atoms with Gasteiger partial charge in [-0.05, 0) is 77.5 Å². The fourth-order valence-corrected chi connectivity index (χ4v) is 4.89. The summed E-state index contributed by atoms with van der Waals surface area (Å²) in [7, 11) is 0. The quantitative estimate of drug-likeness (QED) is 0.114. The van der Waals surface area contributed by atoms with Crippen molar-refractivity contribution in [3.05, 3.63) is 47.8 Å². The van der Waals surface area contributed by atoms with Gasteiger partial charge in [0.25, 0.3) is 0 Å². The minimum Gasteiger partial charge on any atom is -0.475 e. The van der Waals surface area contributed by atoms with Crippen molar-refractivity contribution < 1.29 is 38.0 Å². The summed E-state index contributed by atoms with van der Waals surface area (Å²) >= 11 is 0. The highest BCUT2D eigenvalue weighted by molar-refractivity contribution is 5.88. The highest BCUT2D eigenvalue weighted by Gasteiger charge is 2.28. The first kappa shape index (κ1) is 41.8. The molecule has 0 bridgehead atoms. The van der Waals surface area contributed by atoms with Crippen molar-refractivity contribution >= 4 is 17.9 Å². The first-order valence-electron chi connectivity index (χ1n) is 17.9. The molecule has 1 aliphatic heterocycles. The number of rotatable bonds is 22. The molecule has 49 heavy (non-hydrogen) atoms. The van der Waals surface area contributed by atoms with Crippen LogP contribution in [0.2, 0.25) is 0 Å². The van der Waals surface area contributed by atoms with E-state index in [1.54, 1.807) is 11.1 Å². The molecule has 3 heterocycles. The van der Waals surface area contributed by atoms with Crippen LogP contribution in [0.25, 0.3) is 0 Å². The third-order valence-electron chi connectivity index (χ3n) is 7.20. The molecule has 1 amide bonds. The number of unbranched alkanes of at least 4 members (excludes halogenated alkanes) is 5. The summed E-state index contributed by atoms with van der Waals surface area (Å²) in [6.45, 7) is 13.0. The number of fused-ring (bicyclic) bond motifs is 1. The van der Waals surface area contributed by atoms with Gasteiger partial charge < -0.3 is 34.2 Å². The van der Waals surface area contributed by atoms with E-state index in [-0.39, 0.29) is 12.1 Å². The SMILES string of the molecule is CCOC(=O)CCCCCCCCc1ccc2c(n1)N(C(=O)OC(C)(C)C)CCC2.NCCOCCOCCOCCOc1ccccn1. The summed E-state index contributed by atoms with van der Waals surface area (Å²) in [4.78, 5) is 34.4. The first-order chi connectivity index (χ1) is 23.7. The molecule has 0 unspecified atom stereocenters. The number of aromatic nitrogens is 2. The minimum atomic E-state index is -0.511. The third-order valence-corrected chi connectivity index (χ3v) is 7.20. The topological polar surface area (TPSA) is 145 Å². The van der Waals surface area contributed by atoms with Crippen molar-refractivity contribution in [2.75, 3.05) is 70.8 Å². The van der Waals surface area contributed by atoms with E-state index in [0.717, 1.165) is 74.9 Å². The molecule has 0 radical (unpaired) electrons. The molecule has 0 aliphatic carbocycles. The molecule has 2 N–H and O–H groups in total. The van der Waals surface area contributed by atoms with Crippen LogP contribution in [0.1, 0.15) is 90.3 Å². The number of aryl methyl sites for hydroxylation is 2. The Hall–Kier alpha value is -3.32. The molecule has 0 fully saturated rings. The van der Waals surface area contributed by atoms with Crippen LogP contribution in [0.3, 0.4) is 0 Å². The highest BCUT2D eigenvalue weighted by atomic mass is 16.6. The van der Waals surface area contributed by atoms with Crippen molar-refractivity contribution in [2.45, 2.75) is 97.5 Å². The van der Waals surface area contributed by atoms with Crippen LogP contribution in [0.5, 0.6) is 5.88 Å². The number of amides is 1. The van der Waals surface area contributed by atoms with E-state index in [9.17, 15) is 9.59 Å². The van der Waals surface area contributed by atoms with Crippen LogP contribution in [-0.2, 0) is 41.3 Å². The Morgan fingerprint density at radius 1 is 0.857 bits per heavy atom. The number of hydrogen-bond donors (Lipinski definition) is 1. The van der Waals surface area contributed by atoms with E-state index >= 15 is 0 Å². The van der Waals surface area contributed by atoms with Crippen LogP contribution >= 0.6 is 0 Å². The van der Waals surface area contributed by atoms with E-state index in [1.165, 1.54) is 0 Å². The van der Waals surface area contributed by atoms with Gasteiger partial charge in [-0.2, -0.15) is 0 Å². The number of carbonyl (C=O) groups excluding carboxylic acids is 2. The standard InChI is InChI=1S/C24H38N2O4.C13H22N2O4/c1-5-29-21(27)15-11-9-7-6-8-10-14-20-17-16-19-13-12-18-26(22(19)25-20)23(28)30-24(2,3)4;14-4-6-16-7-8-17-9-10-18-11-12-19-13-3-1-2-5-15-13/h16-17H,5-15,18H2,1-4H3;1-3,5H,4,6-12,14H2. The molecule has 3 rings (SSSR count). The van der Waals surface area contributed by atoms with Crippen LogP contribution in [0.15, 0.2) is 36.5 Å². The maximum Gasteiger partial charge on any atom is 0.416 e. The second-order valence-electron chi connectivity index (χ2n) is 12.6. The lowest BCUT2D eigenvalue weighted by Crippen LogP contribution is -2.40. The lowest BCUT2D eigenvalue weighted by atomic mass is 10.0. The Morgan fingerprint density at radius 3 is 2.18 bits per heavy atom. The zero-order valence-electron chi connectivity index (χ0n) is 30.3. The first-order valence-corrected chi connectivity index (χ1v) is 17.9. The van der Waals surface area contributed by atoms with Crippen molar-refractivity contribution in [1.82, 2.24) is 9.97 Å². The van der Waals surface area contributed by atoms with Crippen LogP contribution in [0.4, 0.5) is 10.6 Å². The second-order valence-corrected chi connectivity index (χ2v) is 12.6. The number of pyridine rings is 2. The number of ether oxygens (including phenoxy) is 6. The monoisotopic (exact) mass is 688 g/mol. The summed E-state index contributed by atoms with van der Waals surface area (Å²) in [5.74, 6) is 1.29. The van der Waals surface area contributed by atoms with Gasteiger partial charge in [0.1, 0.15) is 18.0 Å².